The summed E-state index contributed by atoms with van der Waals surface area (Å²) in [4.78, 5) is 38.8. The molecule has 0 unspecified atom stereocenters. The van der Waals surface area contributed by atoms with Crippen LogP contribution in [0.15, 0.2) is 46.8 Å². The molecule has 2 aliphatic rings. The summed E-state index contributed by atoms with van der Waals surface area (Å²) in [5, 5.41) is 23.7. The van der Waals surface area contributed by atoms with Gasteiger partial charge in [0.1, 0.15) is 17.1 Å². The van der Waals surface area contributed by atoms with Crippen molar-refractivity contribution in [2.24, 2.45) is 7.05 Å². The van der Waals surface area contributed by atoms with E-state index >= 15 is 0 Å². The molecule has 4 rings (SSSR count). The molecule has 0 aliphatic carbocycles. The van der Waals surface area contributed by atoms with E-state index in [4.69, 9.17) is 4.74 Å². The summed E-state index contributed by atoms with van der Waals surface area (Å²) in [5.74, 6) is -1.35. The zero-order valence-corrected chi connectivity index (χ0v) is 18.8. The second kappa shape index (κ2) is 9.30. The Bertz CT molecular complexity index is 1080. The van der Waals surface area contributed by atoms with Gasteiger partial charge in [0.15, 0.2) is 6.10 Å². The molecule has 0 spiro atoms. The van der Waals surface area contributed by atoms with Crippen molar-refractivity contribution < 1.29 is 24.2 Å². The van der Waals surface area contributed by atoms with Crippen molar-refractivity contribution in [2.45, 2.75) is 22.7 Å². The van der Waals surface area contributed by atoms with Crippen LogP contribution in [0.3, 0.4) is 0 Å². The Kier molecular flexibility index (Phi) is 6.48. The summed E-state index contributed by atoms with van der Waals surface area (Å²) in [6.07, 6.45) is -0.868. The van der Waals surface area contributed by atoms with Gasteiger partial charge in [-0.3, -0.25) is 14.5 Å². The van der Waals surface area contributed by atoms with Crippen LogP contribution in [0.25, 0.3) is 0 Å². The van der Waals surface area contributed by atoms with Crippen LogP contribution >= 0.6 is 23.5 Å². The number of rotatable bonds is 8. The lowest BCUT2D eigenvalue weighted by molar-refractivity contribution is -0.152. The van der Waals surface area contributed by atoms with Crippen LogP contribution in [0, 0.1) is 0 Å². The zero-order chi connectivity index (χ0) is 22.8. The van der Waals surface area contributed by atoms with E-state index in [0.717, 1.165) is 0 Å². The zero-order valence-electron chi connectivity index (χ0n) is 17.2. The normalized spacial score (nSPS) is 21.1. The Hall–Kier alpha value is -2.90. The number of ether oxygens (including phenoxy) is 1. The minimum Gasteiger partial charge on any atom is -0.477 e. The van der Waals surface area contributed by atoms with Crippen LogP contribution in [0.1, 0.15) is 11.7 Å². The minimum absolute atomic E-state index is 0.0433. The van der Waals surface area contributed by atoms with Crippen molar-refractivity contribution >= 4 is 41.3 Å². The Balaban J connectivity index is 1.47. The van der Waals surface area contributed by atoms with Crippen molar-refractivity contribution in [1.82, 2.24) is 30.4 Å². The number of amides is 2. The Morgan fingerprint density at radius 1 is 1.38 bits per heavy atom. The molecule has 1 aromatic heterocycles. The molecule has 168 valence electrons. The van der Waals surface area contributed by atoms with E-state index in [0.29, 0.717) is 27.8 Å². The van der Waals surface area contributed by atoms with Crippen LogP contribution in [0.5, 0.6) is 0 Å². The molecule has 13 heteroatoms. The third kappa shape index (κ3) is 4.10. The third-order valence-corrected chi connectivity index (χ3v) is 7.52. The maximum absolute atomic E-state index is 12.8. The molecule has 1 saturated heterocycles. The third-order valence-electron chi connectivity index (χ3n) is 5.08. The highest BCUT2D eigenvalue weighted by Crippen LogP contribution is 2.41. The van der Waals surface area contributed by atoms with Crippen molar-refractivity contribution in [3.63, 3.8) is 0 Å². The molecule has 2 amide bonds. The smallest absolute Gasteiger partial charge is 0.352 e. The minimum atomic E-state index is -1.18. The van der Waals surface area contributed by atoms with Gasteiger partial charge >= 0.3 is 5.97 Å². The first-order valence-corrected chi connectivity index (χ1v) is 11.6. The van der Waals surface area contributed by atoms with E-state index in [-0.39, 0.29) is 5.70 Å². The number of thioether (sulfide) groups is 2. The molecule has 2 aromatic rings. The lowest BCUT2D eigenvalue weighted by Gasteiger charge is -2.49. The highest BCUT2D eigenvalue weighted by molar-refractivity contribution is 8.01. The number of tetrazole rings is 1. The van der Waals surface area contributed by atoms with Crippen molar-refractivity contribution in [1.29, 1.82) is 0 Å². The molecule has 11 nitrogen and oxygen atoms in total. The number of carbonyl (C=O) groups is 3. The molecule has 1 fully saturated rings. The van der Waals surface area contributed by atoms with E-state index in [9.17, 15) is 19.5 Å². The molecule has 2 aliphatic heterocycles. The van der Waals surface area contributed by atoms with Gasteiger partial charge in [-0.25, -0.2) is 9.48 Å². The number of carboxylic acid groups (broad SMARTS) is 1. The van der Waals surface area contributed by atoms with E-state index in [1.807, 2.05) is 6.07 Å². The molecule has 0 bridgehead atoms. The molecule has 3 heterocycles. The van der Waals surface area contributed by atoms with Gasteiger partial charge in [-0.1, -0.05) is 42.1 Å². The van der Waals surface area contributed by atoms with E-state index in [1.165, 1.54) is 40.2 Å². The van der Waals surface area contributed by atoms with Gasteiger partial charge in [0.2, 0.25) is 5.16 Å². The Morgan fingerprint density at radius 2 is 2.12 bits per heavy atom. The number of aliphatic carboxylic acids is 1. The number of carbonyl (C=O) groups excluding carboxylic acids is 2. The number of nitrogens with one attached hydrogen (secondary N) is 1. The van der Waals surface area contributed by atoms with Crippen LogP contribution in [-0.4, -0.2) is 78.0 Å². The van der Waals surface area contributed by atoms with Crippen molar-refractivity contribution in [3.8, 4) is 0 Å². The number of benzene rings is 1. The van der Waals surface area contributed by atoms with Gasteiger partial charge in [0, 0.05) is 25.7 Å². The molecular weight excluding hydrogens is 456 g/mol. The van der Waals surface area contributed by atoms with Crippen LogP contribution < -0.4 is 5.32 Å². The average molecular weight is 477 g/mol. The summed E-state index contributed by atoms with van der Waals surface area (Å²) >= 11 is 2.70. The van der Waals surface area contributed by atoms with E-state index in [2.05, 4.69) is 20.8 Å². The number of aromatic nitrogens is 4. The summed E-state index contributed by atoms with van der Waals surface area (Å²) in [6, 6.07) is 8.13. The maximum atomic E-state index is 12.8. The average Bonchev–Trinajstić information content (AvgIpc) is 3.21. The SMILES string of the molecule is CO[C@@H](C(=O)N[C@@H]1C(=O)N2C(C(=O)O)=C(CSc3nnnn3C)CS[C@H]12)c1ccccc1. The van der Waals surface area contributed by atoms with Gasteiger partial charge < -0.3 is 15.2 Å². The number of carboxylic acids is 1. The first-order chi connectivity index (χ1) is 15.4. The summed E-state index contributed by atoms with van der Waals surface area (Å²) in [5.41, 5.74) is 1.22. The quantitative estimate of drug-likeness (QED) is 0.407. The molecule has 32 heavy (non-hydrogen) atoms. The molecule has 0 saturated carbocycles. The van der Waals surface area contributed by atoms with Crippen LogP contribution in [-0.2, 0) is 26.2 Å². The Morgan fingerprint density at radius 3 is 2.75 bits per heavy atom. The van der Waals surface area contributed by atoms with Crippen LogP contribution in [0.2, 0.25) is 0 Å². The fraction of sp³-hybridized carbons (Fsp3) is 0.368. The molecule has 1 aromatic carbocycles. The van der Waals surface area contributed by atoms with Gasteiger partial charge in [-0.15, -0.1) is 16.9 Å². The number of nitrogens with zero attached hydrogens (tertiary/aromatic N) is 5. The van der Waals surface area contributed by atoms with Gasteiger partial charge in [-0.2, -0.15) is 0 Å². The maximum Gasteiger partial charge on any atom is 0.352 e. The topological polar surface area (TPSA) is 140 Å². The lowest BCUT2D eigenvalue weighted by atomic mass is 10.0. The van der Waals surface area contributed by atoms with Crippen molar-refractivity contribution in [2.75, 3.05) is 18.6 Å². The predicted molar refractivity (Wildman–Crippen MR) is 115 cm³/mol. The number of hydrogen-bond acceptors (Lipinski definition) is 9. The number of aryl methyl sites for hydroxylation is 1. The number of hydrogen-bond donors (Lipinski definition) is 2. The van der Waals surface area contributed by atoms with Gasteiger partial charge in [-0.05, 0) is 21.6 Å². The fourth-order valence-corrected chi connectivity index (χ4v) is 5.88. The molecular formula is C19H20N6O5S2. The van der Waals surface area contributed by atoms with Crippen molar-refractivity contribution in [3.05, 3.63) is 47.2 Å². The molecule has 2 N–H and O–H groups in total. The molecule has 0 radical (unpaired) electrons. The van der Waals surface area contributed by atoms with Gasteiger partial charge in [0.25, 0.3) is 11.8 Å². The number of fused-ring (bicyclic) bond motifs is 1. The summed E-state index contributed by atoms with van der Waals surface area (Å²) in [7, 11) is 3.11. The standard InChI is InChI=1S/C19H20N6O5S2/c1-24-19(21-22-23-24)32-9-11-8-31-17-12(16(27)25(17)13(11)18(28)29)20-15(26)14(30-2)10-6-4-3-5-7-10/h3-7,12,14,17H,8-9H2,1-2H3,(H,20,26)(H,28,29)/t12-,14-,17-/m1/s1. The number of β-lactam (4-membered cyclic amide) rings is 1. The monoisotopic (exact) mass is 476 g/mol. The highest BCUT2D eigenvalue weighted by Gasteiger charge is 2.54. The second-order valence-corrected chi connectivity index (χ2v) is 9.10. The van der Waals surface area contributed by atoms with E-state index in [1.54, 1.807) is 31.3 Å². The fourth-order valence-electron chi connectivity index (χ4n) is 3.54. The highest BCUT2D eigenvalue weighted by atomic mass is 32.2. The molecule has 3 atom stereocenters. The first kappa shape index (κ1) is 22.3. The summed E-state index contributed by atoms with van der Waals surface area (Å²) < 4.78 is 6.81. The Labute approximate surface area is 191 Å². The van der Waals surface area contributed by atoms with Crippen LogP contribution in [0.4, 0.5) is 0 Å². The first-order valence-electron chi connectivity index (χ1n) is 9.55. The lowest BCUT2D eigenvalue weighted by Crippen LogP contribution is -2.71. The number of methoxy groups -OCH3 is 1. The summed E-state index contributed by atoms with van der Waals surface area (Å²) in [6.45, 7) is 0. The predicted octanol–water partition coefficient (Wildman–Crippen LogP) is 0.429. The second-order valence-electron chi connectivity index (χ2n) is 7.05. The largest absolute Gasteiger partial charge is 0.477 e. The van der Waals surface area contributed by atoms with E-state index < -0.39 is 35.3 Å². The van der Waals surface area contributed by atoms with Gasteiger partial charge in [0.05, 0.1) is 0 Å².